The number of nitrogens with one attached hydrogen (secondary N) is 1. The molecule has 0 spiro atoms. The fraction of sp³-hybridized carbons (Fsp3) is 0.333. The van der Waals surface area contributed by atoms with E-state index in [9.17, 15) is 18.0 Å². The van der Waals surface area contributed by atoms with Crippen LogP contribution in [-0.2, 0) is 32.6 Å². The van der Waals surface area contributed by atoms with Gasteiger partial charge in [-0.15, -0.1) is 0 Å². The van der Waals surface area contributed by atoms with Crippen molar-refractivity contribution >= 4 is 43.5 Å². The lowest BCUT2D eigenvalue weighted by Crippen LogP contribution is -2.50. The van der Waals surface area contributed by atoms with Crippen LogP contribution in [0.4, 0.5) is 5.69 Å². The van der Waals surface area contributed by atoms with Crippen molar-refractivity contribution in [3.05, 3.63) is 94.5 Å². The molecule has 2 amide bonds. The fourth-order valence-electron chi connectivity index (χ4n) is 4.43. The number of likely N-dealkylation sites (N-methyl/N-ethyl adjacent to an activating group) is 1. The first-order valence-corrected chi connectivity index (χ1v) is 15.7. The number of anilines is 1. The van der Waals surface area contributed by atoms with E-state index in [0.717, 1.165) is 21.9 Å². The summed E-state index contributed by atoms with van der Waals surface area (Å²) in [5.74, 6) is 0.159. The maximum absolute atomic E-state index is 13.8. The Morgan fingerprint density at radius 1 is 0.975 bits per heavy atom. The van der Waals surface area contributed by atoms with E-state index in [1.165, 1.54) is 4.31 Å². The summed E-state index contributed by atoms with van der Waals surface area (Å²) in [7, 11) is -2.05. The van der Waals surface area contributed by atoms with Crippen LogP contribution in [0.1, 0.15) is 30.9 Å². The molecule has 0 fully saturated rings. The number of amides is 2. The third-order valence-corrected chi connectivity index (χ3v) is 8.06. The zero-order valence-corrected chi connectivity index (χ0v) is 25.4. The lowest BCUT2D eigenvalue weighted by atomic mass is 10.0. The lowest BCUT2D eigenvalue weighted by molar-refractivity contribution is -0.141. The van der Waals surface area contributed by atoms with Crippen molar-refractivity contribution in [1.82, 2.24) is 10.2 Å². The molecule has 0 radical (unpaired) electrons. The summed E-state index contributed by atoms with van der Waals surface area (Å²) in [6, 6.07) is 23.2. The quantitative estimate of drug-likeness (QED) is 0.277. The van der Waals surface area contributed by atoms with E-state index < -0.39 is 16.1 Å². The Labute approximate surface area is 245 Å². The molecule has 1 atom stereocenters. The molecule has 3 aromatic carbocycles. The van der Waals surface area contributed by atoms with Crippen LogP contribution in [0.25, 0.3) is 0 Å². The standard InChI is InChI=1S/C30H36BrN3O5S/c1-4-32-30(36)28(21-23-10-6-5-7-11-23)33(22-24-12-8-13-25(31)20-24)29(35)14-9-19-34(40(3,37)38)26-15-17-27(39-2)18-16-26/h5-8,10-13,15-18,20,28H,4,9,14,19,21-22H2,1-3H3,(H,32,36)/t28-/m1/s1. The molecule has 40 heavy (non-hydrogen) atoms. The summed E-state index contributed by atoms with van der Waals surface area (Å²) < 4.78 is 32.5. The smallest absolute Gasteiger partial charge is 0.243 e. The summed E-state index contributed by atoms with van der Waals surface area (Å²) >= 11 is 3.49. The monoisotopic (exact) mass is 629 g/mol. The van der Waals surface area contributed by atoms with Crippen LogP contribution in [0.15, 0.2) is 83.3 Å². The second-order valence-corrected chi connectivity index (χ2v) is 12.2. The van der Waals surface area contributed by atoms with Crippen molar-refractivity contribution in [3.63, 3.8) is 0 Å². The Kier molecular flexibility index (Phi) is 11.6. The number of carbonyl (C=O) groups is 2. The number of benzene rings is 3. The average Bonchev–Trinajstić information content (AvgIpc) is 2.93. The lowest BCUT2D eigenvalue weighted by Gasteiger charge is -2.32. The maximum Gasteiger partial charge on any atom is 0.243 e. The number of sulfonamides is 1. The van der Waals surface area contributed by atoms with Gasteiger partial charge in [-0.05, 0) is 60.9 Å². The van der Waals surface area contributed by atoms with Crippen LogP contribution in [0.3, 0.4) is 0 Å². The predicted octanol–water partition coefficient (Wildman–Crippen LogP) is 4.78. The SMILES string of the molecule is CCNC(=O)[C@@H](Cc1ccccc1)N(Cc1cccc(Br)c1)C(=O)CCCN(c1ccc(OC)cc1)S(C)(=O)=O. The Morgan fingerprint density at radius 2 is 1.65 bits per heavy atom. The molecule has 0 unspecified atom stereocenters. The van der Waals surface area contributed by atoms with Crippen LogP contribution in [-0.4, -0.2) is 57.6 Å². The molecule has 0 aliphatic carbocycles. The highest BCUT2D eigenvalue weighted by Crippen LogP contribution is 2.23. The number of methoxy groups -OCH3 is 1. The number of hydrogen-bond donors (Lipinski definition) is 1. The highest BCUT2D eigenvalue weighted by Gasteiger charge is 2.30. The van der Waals surface area contributed by atoms with E-state index in [2.05, 4.69) is 21.2 Å². The number of nitrogens with zero attached hydrogens (tertiary/aromatic N) is 2. The van der Waals surface area contributed by atoms with E-state index in [4.69, 9.17) is 4.74 Å². The van der Waals surface area contributed by atoms with E-state index in [1.54, 1.807) is 36.3 Å². The Balaban J connectivity index is 1.85. The number of carbonyl (C=O) groups excluding carboxylic acids is 2. The summed E-state index contributed by atoms with van der Waals surface area (Å²) in [5.41, 5.74) is 2.31. The molecular formula is C30H36BrN3O5S. The van der Waals surface area contributed by atoms with Crippen molar-refractivity contribution in [2.45, 2.75) is 38.8 Å². The van der Waals surface area contributed by atoms with E-state index in [1.807, 2.05) is 61.5 Å². The van der Waals surface area contributed by atoms with Crippen molar-refractivity contribution < 1.29 is 22.7 Å². The van der Waals surface area contributed by atoms with Crippen molar-refractivity contribution in [1.29, 1.82) is 0 Å². The average molecular weight is 631 g/mol. The van der Waals surface area contributed by atoms with Gasteiger partial charge in [0.1, 0.15) is 11.8 Å². The molecule has 1 N–H and O–H groups in total. The van der Waals surface area contributed by atoms with Gasteiger partial charge in [0.05, 0.1) is 19.1 Å². The molecule has 3 aromatic rings. The third kappa shape index (κ3) is 9.09. The van der Waals surface area contributed by atoms with Gasteiger partial charge in [-0.25, -0.2) is 8.42 Å². The Bertz CT molecular complexity index is 1370. The summed E-state index contributed by atoms with van der Waals surface area (Å²) in [4.78, 5) is 28.7. The fourth-order valence-corrected chi connectivity index (χ4v) is 5.84. The number of hydrogen-bond acceptors (Lipinski definition) is 5. The molecule has 214 valence electrons. The van der Waals surface area contributed by atoms with Gasteiger partial charge in [-0.3, -0.25) is 13.9 Å². The number of ether oxygens (including phenoxy) is 1. The molecule has 8 nitrogen and oxygen atoms in total. The van der Waals surface area contributed by atoms with E-state index in [-0.39, 0.29) is 37.7 Å². The van der Waals surface area contributed by atoms with Crippen LogP contribution < -0.4 is 14.4 Å². The van der Waals surface area contributed by atoms with Crippen LogP contribution in [0.2, 0.25) is 0 Å². The highest BCUT2D eigenvalue weighted by atomic mass is 79.9. The van der Waals surface area contributed by atoms with Gasteiger partial charge in [0.15, 0.2) is 0 Å². The summed E-state index contributed by atoms with van der Waals surface area (Å²) in [5, 5.41) is 2.88. The van der Waals surface area contributed by atoms with Gasteiger partial charge < -0.3 is 15.0 Å². The first kappa shape index (κ1) is 31.2. The number of halogens is 1. The topological polar surface area (TPSA) is 96.0 Å². The van der Waals surface area contributed by atoms with Gasteiger partial charge in [-0.2, -0.15) is 0 Å². The van der Waals surface area contributed by atoms with Crippen LogP contribution in [0.5, 0.6) is 5.75 Å². The largest absolute Gasteiger partial charge is 0.497 e. The second-order valence-electron chi connectivity index (χ2n) is 9.39. The minimum Gasteiger partial charge on any atom is -0.497 e. The second kappa shape index (κ2) is 14.9. The Hall–Kier alpha value is -3.37. The normalized spacial score (nSPS) is 11.9. The molecule has 3 rings (SSSR count). The predicted molar refractivity (Wildman–Crippen MR) is 162 cm³/mol. The van der Waals surface area contributed by atoms with Crippen LogP contribution in [0, 0.1) is 0 Å². The van der Waals surface area contributed by atoms with E-state index in [0.29, 0.717) is 24.4 Å². The Morgan fingerprint density at radius 3 is 2.25 bits per heavy atom. The first-order valence-electron chi connectivity index (χ1n) is 13.1. The molecule has 0 aromatic heterocycles. The zero-order chi connectivity index (χ0) is 29.1. The molecule has 0 aliphatic heterocycles. The molecule has 0 aliphatic rings. The first-order chi connectivity index (χ1) is 19.1. The van der Waals surface area contributed by atoms with Gasteiger partial charge in [0.25, 0.3) is 0 Å². The molecule has 0 bridgehead atoms. The molecule has 0 saturated heterocycles. The van der Waals surface area contributed by atoms with Gasteiger partial charge in [0.2, 0.25) is 21.8 Å². The zero-order valence-electron chi connectivity index (χ0n) is 23.0. The highest BCUT2D eigenvalue weighted by molar-refractivity contribution is 9.10. The van der Waals surface area contributed by atoms with Gasteiger partial charge in [-0.1, -0.05) is 58.4 Å². The minimum atomic E-state index is -3.59. The maximum atomic E-state index is 13.8. The molecule has 0 saturated carbocycles. The van der Waals surface area contributed by atoms with Crippen molar-refractivity contribution in [2.75, 3.05) is 30.8 Å². The van der Waals surface area contributed by atoms with Crippen molar-refractivity contribution in [3.8, 4) is 5.75 Å². The van der Waals surface area contributed by atoms with Gasteiger partial charge >= 0.3 is 0 Å². The van der Waals surface area contributed by atoms with Gasteiger partial charge in [0, 0.05) is 36.9 Å². The van der Waals surface area contributed by atoms with Crippen molar-refractivity contribution in [2.24, 2.45) is 0 Å². The minimum absolute atomic E-state index is 0.0703. The molecule has 10 heteroatoms. The molecular weight excluding hydrogens is 594 g/mol. The van der Waals surface area contributed by atoms with E-state index >= 15 is 0 Å². The van der Waals surface area contributed by atoms with Crippen LogP contribution >= 0.6 is 15.9 Å². The third-order valence-electron chi connectivity index (χ3n) is 6.38. The molecule has 0 heterocycles. The summed E-state index contributed by atoms with van der Waals surface area (Å²) in [6.45, 7) is 2.64. The summed E-state index contributed by atoms with van der Waals surface area (Å²) in [6.07, 6.45) is 1.85. The number of rotatable bonds is 14.